The minimum Gasteiger partial charge on any atom is -0.306 e. The Bertz CT molecular complexity index is 418. The third kappa shape index (κ3) is 8.90. The number of rotatable bonds is 2. The second-order valence-corrected chi connectivity index (χ2v) is 4.92. The maximum Gasteiger partial charge on any atom is 0.466 e. The van der Waals surface area contributed by atoms with Crippen LogP contribution in [0.2, 0.25) is 15.1 Å². The molecule has 6 nitrogen and oxygen atoms in total. The Kier molecular flexibility index (Phi) is 7.75. The minimum absolute atomic E-state index is 0.370. The molecular weight excluding hydrogens is 337 g/mol. The van der Waals surface area contributed by atoms with Gasteiger partial charge in [0.1, 0.15) is 0 Å². The number of halogens is 4. The molecule has 0 unspecified atom stereocenters. The van der Waals surface area contributed by atoms with E-state index in [1.165, 1.54) is 0 Å². The number of anilines is 1. The highest BCUT2D eigenvalue weighted by atomic mass is 35.5. The lowest BCUT2D eigenvalue weighted by Crippen LogP contribution is -2.08. The lowest BCUT2D eigenvalue weighted by atomic mass is 10.3. The van der Waals surface area contributed by atoms with E-state index in [-0.39, 0.29) is 0 Å². The van der Waals surface area contributed by atoms with E-state index < -0.39 is 7.82 Å². The van der Waals surface area contributed by atoms with Crippen molar-refractivity contribution in [3.8, 4) is 0 Å². The first-order valence-electron chi connectivity index (χ1n) is 3.69. The molecule has 0 saturated heterocycles. The Morgan fingerprint density at radius 1 is 1.12 bits per heavy atom. The van der Waals surface area contributed by atoms with Crippen molar-refractivity contribution in [3.05, 3.63) is 27.2 Å². The van der Waals surface area contributed by atoms with Crippen molar-refractivity contribution in [1.29, 1.82) is 0 Å². The molecule has 0 bridgehead atoms. The molecule has 0 radical (unpaired) electrons. The van der Waals surface area contributed by atoms with Gasteiger partial charge in [0, 0.05) is 5.02 Å². The van der Waals surface area contributed by atoms with E-state index in [1.807, 2.05) is 0 Å². The third-order valence-electron chi connectivity index (χ3n) is 1.17. The van der Waals surface area contributed by atoms with Gasteiger partial charge in [-0.25, -0.2) is 4.57 Å². The molecule has 98 valence electrons. The number of nitrogens with one attached hydrogen (secondary N) is 2. The Balaban J connectivity index is 0.000000437. The van der Waals surface area contributed by atoms with Crippen LogP contribution in [0.4, 0.5) is 5.69 Å². The van der Waals surface area contributed by atoms with Gasteiger partial charge in [0.15, 0.2) is 0 Å². The summed E-state index contributed by atoms with van der Waals surface area (Å²) in [6.45, 7) is 0. The van der Waals surface area contributed by atoms with E-state index >= 15 is 0 Å². The Morgan fingerprint density at radius 3 is 2.00 bits per heavy atom. The molecule has 0 saturated carbocycles. The standard InChI is InChI=1S/C6H4Cl4N2.H3O4P/c7-3-1-4(8)6(9)5(2-3)11-12-10;1-5(2,3)4/h1-2,11-12H;(H3,1,2,3,4). The van der Waals surface area contributed by atoms with Crippen LogP contribution in [0.5, 0.6) is 0 Å². The Labute approximate surface area is 117 Å². The van der Waals surface area contributed by atoms with Crippen LogP contribution in [0.1, 0.15) is 0 Å². The van der Waals surface area contributed by atoms with Gasteiger partial charge in [0.2, 0.25) is 0 Å². The summed E-state index contributed by atoms with van der Waals surface area (Å²) in [4.78, 5) is 23.8. The average molecular weight is 344 g/mol. The highest BCUT2D eigenvalue weighted by Gasteiger charge is 2.05. The Hall–Kier alpha value is 0.250. The van der Waals surface area contributed by atoms with Crippen LogP contribution < -0.4 is 10.4 Å². The molecule has 0 aliphatic heterocycles. The van der Waals surface area contributed by atoms with E-state index in [4.69, 9.17) is 65.8 Å². The monoisotopic (exact) mass is 342 g/mol. The van der Waals surface area contributed by atoms with Gasteiger partial charge in [0.05, 0.1) is 15.7 Å². The highest BCUT2D eigenvalue weighted by Crippen LogP contribution is 2.32. The molecule has 0 aromatic heterocycles. The summed E-state index contributed by atoms with van der Waals surface area (Å²) in [6.07, 6.45) is 0. The van der Waals surface area contributed by atoms with Crippen LogP contribution in [-0.2, 0) is 4.57 Å². The second-order valence-electron chi connectivity index (χ2n) is 2.48. The molecule has 0 aliphatic rings. The van der Waals surface area contributed by atoms with Crippen molar-refractivity contribution >= 4 is 60.1 Å². The third-order valence-corrected chi connectivity index (χ3v) is 2.29. The van der Waals surface area contributed by atoms with Crippen molar-refractivity contribution in [1.82, 2.24) is 4.94 Å². The van der Waals surface area contributed by atoms with E-state index in [0.29, 0.717) is 20.8 Å². The molecule has 0 spiro atoms. The molecule has 17 heavy (non-hydrogen) atoms. The lowest BCUT2D eigenvalue weighted by Gasteiger charge is -2.06. The largest absolute Gasteiger partial charge is 0.466 e. The molecule has 11 heteroatoms. The Morgan fingerprint density at radius 2 is 1.59 bits per heavy atom. The minimum atomic E-state index is -4.64. The molecule has 1 aromatic carbocycles. The average Bonchev–Trinajstić information content (AvgIpc) is 2.11. The second kappa shape index (κ2) is 7.63. The fourth-order valence-electron chi connectivity index (χ4n) is 0.698. The van der Waals surface area contributed by atoms with Gasteiger partial charge >= 0.3 is 7.82 Å². The molecular formula is C6H7Cl4N2O4P. The van der Waals surface area contributed by atoms with Gasteiger partial charge in [-0.3, -0.25) is 0 Å². The van der Waals surface area contributed by atoms with Gasteiger partial charge in [-0.1, -0.05) is 34.8 Å². The molecule has 5 N–H and O–H groups in total. The summed E-state index contributed by atoms with van der Waals surface area (Å²) in [6, 6.07) is 3.15. The van der Waals surface area contributed by atoms with Gasteiger partial charge in [0.25, 0.3) is 0 Å². The van der Waals surface area contributed by atoms with Crippen molar-refractivity contribution in [3.63, 3.8) is 0 Å². The van der Waals surface area contributed by atoms with Gasteiger partial charge in [-0.2, -0.15) is 0 Å². The van der Waals surface area contributed by atoms with Crippen LogP contribution in [0.3, 0.4) is 0 Å². The van der Waals surface area contributed by atoms with E-state index in [2.05, 4.69) is 10.4 Å². The highest BCUT2D eigenvalue weighted by molar-refractivity contribution is 7.45. The molecule has 0 atom stereocenters. The topological polar surface area (TPSA) is 102 Å². The molecule has 0 amide bonds. The first-order chi connectivity index (χ1) is 7.65. The predicted molar refractivity (Wildman–Crippen MR) is 68.3 cm³/mol. The molecule has 1 rings (SSSR count). The summed E-state index contributed by atoms with van der Waals surface area (Å²) in [5, 5.41) is 1.23. The molecule has 0 fully saturated rings. The van der Waals surface area contributed by atoms with Gasteiger partial charge in [-0.15, -0.1) is 4.94 Å². The number of hydrazine groups is 1. The maximum atomic E-state index is 8.88. The molecule has 0 heterocycles. The summed E-state index contributed by atoms with van der Waals surface area (Å²) in [7, 11) is -4.64. The first kappa shape index (κ1) is 17.2. The lowest BCUT2D eigenvalue weighted by molar-refractivity contribution is 0.275. The number of hydrogen-bond donors (Lipinski definition) is 5. The molecule has 1 aromatic rings. The maximum absolute atomic E-state index is 8.88. The van der Waals surface area contributed by atoms with Crippen LogP contribution in [0, 0.1) is 0 Å². The fourth-order valence-corrected chi connectivity index (χ4v) is 1.45. The van der Waals surface area contributed by atoms with E-state index in [1.54, 1.807) is 12.1 Å². The number of benzene rings is 1. The SMILES string of the molecule is ClNNc1cc(Cl)cc(Cl)c1Cl.O=P(O)(O)O. The van der Waals surface area contributed by atoms with Crippen molar-refractivity contribution < 1.29 is 19.2 Å². The number of phosphoric acid groups is 1. The van der Waals surface area contributed by atoms with Gasteiger partial charge in [-0.05, 0) is 23.9 Å². The summed E-state index contributed by atoms with van der Waals surface area (Å²) < 4.78 is 8.88. The van der Waals surface area contributed by atoms with Crippen molar-refractivity contribution in [2.24, 2.45) is 0 Å². The normalized spacial score (nSPS) is 10.5. The molecule has 0 aliphatic carbocycles. The quantitative estimate of drug-likeness (QED) is 0.245. The zero-order valence-electron chi connectivity index (χ0n) is 7.86. The van der Waals surface area contributed by atoms with Crippen molar-refractivity contribution in [2.45, 2.75) is 0 Å². The fraction of sp³-hybridized carbons (Fsp3) is 0. The van der Waals surface area contributed by atoms with Crippen LogP contribution in [0.15, 0.2) is 12.1 Å². The first-order valence-corrected chi connectivity index (χ1v) is 6.77. The van der Waals surface area contributed by atoms with Crippen LogP contribution >= 0.6 is 54.4 Å². The zero-order valence-corrected chi connectivity index (χ0v) is 11.8. The summed E-state index contributed by atoms with van der Waals surface area (Å²) >= 11 is 22.4. The van der Waals surface area contributed by atoms with Crippen LogP contribution in [0.25, 0.3) is 0 Å². The number of hydrogen-bond acceptors (Lipinski definition) is 3. The van der Waals surface area contributed by atoms with E-state index in [9.17, 15) is 0 Å². The van der Waals surface area contributed by atoms with Crippen LogP contribution in [-0.4, -0.2) is 14.7 Å². The smallest absolute Gasteiger partial charge is 0.306 e. The van der Waals surface area contributed by atoms with Crippen molar-refractivity contribution in [2.75, 3.05) is 5.43 Å². The summed E-state index contributed by atoms with van der Waals surface area (Å²) in [5.74, 6) is 0. The zero-order chi connectivity index (χ0) is 13.6. The summed E-state index contributed by atoms with van der Waals surface area (Å²) in [5.41, 5.74) is 3.10. The van der Waals surface area contributed by atoms with Gasteiger partial charge < -0.3 is 20.1 Å². The van der Waals surface area contributed by atoms with E-state index in [0.717, 1.165) is 0 Å². The predicted octanol–water partition coefficient (Wildman–Crippen LogP) is 2.79.